The number of aromatic nitrogens is 3. The van der Waals surface area contributed by atoms with Gasteiger partial charge in [0.25, 0.3) is 0 Å². The molecule has 1 atom stereocenters. The van der Waals surface area contributed by atoms with Crippen molar-refractivity contribution in [1.29, 1.82) is 0 Å². The van der Waals surface area contributed by atoms with Crippen LogP contribution in [0.25, 0.3) is 0 Å². The molecule has 4 nitrogen and oxygen atoms in total. The van der Waals surface area contributed by atoms with Crippen LogP contribution in [0.15, 0.2) is 6.20 Å². The Hall–Kier alpha value is -0.900. The van der Waals surface area contributed by atoms with Crippen molar-refractivity contribution in [3.63, 3.8) is 0 Å². The van der Waals surface area contributed by atoms with Gasteiger partial charge in [0.05, 0.1) is 17.9 Å². The number of rotatable bonds is 4. The monoisotopic (exact) mass is 250 g/mol. The van der Waals surface area contributed by atoms with Crippen LogP contribution in [0.2, 0.25) is 0 Å². The maximum atomic E-state index is 6.43. The summed E-state index contributed by atoms with van der Waals surface area (Å²) in [6.07, 6.45) is 7.93. The Morgan fingerprint density at radius 3 is 2.72 bits per heavy atom. The summed E-state index contributed by atoms with van der Waals surface area (Å²) in [4.78, 5) is 0. The molecule has 0 bridgehead atoms. The average molecular weight is 250 g/mol. The fraction of sp³-hybridized carbons (Fsp3) is 0.857. The highest BCUT2D eigenvalue weighted by molar-refractivity contribution is 5.04. The Bertz CT molecular complexity index is 373. The van der Waals surface area contributed by atoms with Gasteiger partial charge in [0.15, 0.2) is 0 Å². The predicted octanol–water partition coefficient (Wildman–Crippen LogP) is 2.90. The second-order valence-corrected chi connectivity index (χ2v) is 6.41. The van der Waals surface area contributed by atoms with Gasteiger partial charge in [-0.3, -0.25) is 0 Å². The van der Waals surface area contributed by atoms with E-state index in [0.717, 1.165) is 18.7 Å². The van der Waals surface area contributed by atoms with Crippen LogP contribution < -0.4 is 5.73 Å². The first kappa shape index (κ1) is 13.5. The Balaban J connectivity index is 2.03. The van der Waals surface area contributed by atoms with Crippen molar-refractivity contribution in [2.24, 2.45) is 17.1 Å². The minimum absolute atomic E-state index is 0.0997. The minimum atomic E-state index is 0.0997. The maximum absolute atomic E-state index is 6.43. The Morgan fingerprint density at radius 2 is 2.11 bits per heavy atom. The predicted molar refractivity (Wildman–Crippen MR) is 73.0 cm³/mol. The van der Waals surface area contributed by atoms with E-state index in [0.29, 0.717) is 11.3 Å². The van der Waals surface area contributed by atoms with E-state index in [-0.39, 0.29) is 6.04 Å². The minimum Gasteiger partial charge on any atom is -0.322 e. The smallest absolute Gasteiger partial charge is 0.0757 e. The van der Waals surface area contributed by atoms with E-state index in [1.165, 1.54) is 25.7 Å². The van der Waals surface area contributed by atoms with Gasteiger partial charge in [-0.15, -0.1) is 5.10 Å². The Labute approximate surface area is 110 Å². The first-order valence-corrected chi connectivity index (χ1v) is 7.17. The molecule has 1 fully saturated rings. The molecule has 2 rings (SSSR count). The molecule has 4 heteroatoms. The van der Waals surface area contributed by atoms with E-state index in [2.05, 4.69) is 31.1 Å². The summed E-state index contributed by atoms with van der Waals surface area (Å²) < 4.78 is 1.98. The molecule has 18 heavy (non-hydrogen) atoms. The summed E-state index contributed by atoms with van der Waals surface area (Å²) >= 11 is 0. The van der Waals surface area contributed by atoms with Crippen molar-refractivity contribution < 1.29 is 0 Å². The van der Waals surface area contributed by atoms with E-state index in [1.54, 1.807) is 0 Å². The molecule has 0 amide bonds. The average Bonchev–Trinajstić information content (AvgIpc) is 2.77. The number of aryl methyl sites for hydroxylation is 1. The van der Waals surface area contributed by atoms with Gasteiger partial charge in [-0.05, 0) is 43.4 Å². The molecule has 1 saturated carbocycles. The molecule has 2 N–H and O–H groups in total. The summed E-state index contributed by atoms with van der Waals surface area (Å²) in [5, 5.41) is 8.16. The summed E-state index contributed by atoms with van der Waals surface area (Å²) in [5.74, 6) is 0.590. The van der Waals surface area contributed by atoms with Gasteiger partial charge in [0, 0.05) is 6.54 Å². The topological polar surface area (TPSA) is 56.7 Å². The van der Waals surface area contributed by atoms with Crippen molar-refractivity contribution in [2.45, 2.75) is 65.5 Å². The van der Waals surface area contributed by atoms with Crippen LogP contribution in [0.5, 0.6) is 0 Å². The molecule has 1 unspecified atom stereocenters. The molecule has 0 aromatic carbocycles. The summed E-state index contributed by atoms with van der Waals surface area (Å²) in [5.41, 5.74) is 8.04. The maximum Gasteiger partial charge on any atom is 0.0757 e. The van der Waals surface area contributed by atoms with Gasteiger partial charge in [-0.1, -0.05) is 26.0 Å². The Kier molecular flexibility index (Phi) is 4.05. The summed E-state index contributed by atoms with van der Waals surface area (Å²) in [6, 6.07) is 0.0997. The van der Waals surface area contributed by atoms with Crippen LogP contribution in [0.1, 0.15) is 64.6 Å². The number of hydrogen-bond acceptors (Lipinski definition) is 3. The third kappa shape index (κ3) is 2.91. The number of hydrogen-bond donors (Lipinski definition) is 1. The van der Waals surface area contributed by atoms with Gasteiger partial charge in [0.1, 0.15) is 0 Å². The summed E-state index contributed by atoms with van der Waals surface area (Å²) in [6.45, 7) is 7.79. The highest BCUT2D eigenvalue weighted by atomic mass is 15.4. The van der Waals surface area contributed by atoms with Crippen LogP contribution >= 0.6 is 0 Å². The lowest BCUT2D eigenvalue weighted by atomic mass is 9.71. The second kappa shape index (κ2) is 5.39. The SMILES string of the molecule is CCCn1nncc1C(N)C1CCC(C)(C)CC1. The number of nitrogens with zero attached hydrogens (tertiary/aromatic N) is 3. The van der Waals surface area contributed by atoms with E-state index in [1.807, 2.05) is 10.9 Å². The molecule has 0 spiro atoms. The molecule has 1 heterocycles. The Morgan fingerprint density at radius 1 is 1.44 bits per heavy atom. The second-order valence-electron chi connectivity index (χ2n) is 6.41. The lowest BCUT2D eigenvalue weighted by molar-refractivity contribution is 0.171. The van der Waals surface area contributed by atoms with E-state index < -0.39 is 0 Å². The van der Waals surface area contributed by atoms with Crippen molar-refractivity contribution in [3.05, 3.63) is 11.9 Å². The molecule has 1 aromatic heterocycles. The molecule has 1 aliphatic rings. The first-order valence-electron chi connectivity index (χ1n) is 7.17. The molecule has 1 aromatic rings. The first-order chi connectivity index (χ1) is 8.53. The zero-order valence-corrected chi connectivity index (χ0v) is 11.9. The summed E-state index contributed by atoms with van der Waals surface area (Å²) in [7, 11) is 0. The molecular weight excluding hydrogens is 224 g/mol. The lowest BCUT2D eigenvalue weighted by Gasteiger charge is -2.36. The highest BCUT2D eigenvalue weighted by Gasteiger charge is 2.31. The normalized spacial score (nSPS) is 22.0. The zero-order valence-electron chi connectivity index (χ0n) is 11.9. The highest BCUT2D eigenvalue weighted by Crippen LogP contribution is 2.41. The fourth-order valence-corrected chi connectivity index (χ4v) is 2.93. The third-order valence-electron chi connectivity index (χ3n) is 4.32. The van der Waals surface area contributed by atoms with Crippen molar-refractivity contribution in [1.82, 2.24) is 15.0 Å². The molecule has 0 saturated heterocycles. The largest absolute Gasteiger partial charge is 0.322 e. The van der Waals surface area contributed by atoms with E-state index in [4.69, 9.17) is 5.73 Å². The van der Waals surface area contributed by atoms with Crippen LogP contribution in [0, 0.1) is 11.3 Å². The van der Waals surface area contributed by atoms with Crippen molar-refractivity contribution >= 4 is 0 Å². The van der Waals surface area contributed by atoms with Gasteiger partial charge in [0.2, 0.25) is 0 Å². The third-order valence-corrected chi connectivity index (χ3v) is 4.32. The van der Waals surface area contributed by atoms with Crippen LogP contribution in [0.3, 0.4) is 0 Å². The molecular formula is C14H26N4. The van der Waals surface area contributed by atoms with Crippen LogP contribution in [-0.2, 0) is 6.54 Å². The van der Waals surface area contributed by atoms with Crippen LogP contribution in [-0.4, -0.2) is 15.0 Å². The number of nitrogens with two attached hydrogens (primary N) is 1. The van der Waals surface area contributed by atoms with Crippen molar-refractivity contribution in [2.75, 3.05) is 0 Å². The van der Waals surface area contributed by atoms with Crippen molar-refractivity contribution in [3.8, 4) is 0 Å². The van der Waals surface area contributed by atoms with E-state index in [9.17, 15) is 0 Å². The fourth-order valence-electron chi connectivity index (χ4n) is 2.93. The van der Waals surface area contributed by atoms with E-state index >= 15 is 0 Å². The van der Waals surface area contributed by atoms with Gasteiger partial charge >= 0.3 is 0 Å². The molecule has 0 aliphatic heterocycles. The quantitative estimate of drug-likeness (QED) is 0.894. The zero-order chi connectivity index (χ0) is 13.2. The molecule has 102 valence electrons. The van der Waals surface area contributed by atoms with Crippen LogP contribution in [0.4, 0.5) is 0 Å². The lowest BCUT2D eigenvalue weighted by Crippen LogP contribution is -2.30. The van der Waals surface area contributed by atoms with Gasteiger partial charge < -0.3 is 5.73 Å². The standard InChI is InChI=1S/C14H26N4/c1-4-9-18-12(10-16-17-18)13(15)11-5-7-14(2,3)8-6-11/h10-11,13H,4-9,15H2,1-3H3. The molecule has 1 aliphatic carbocycles. The molecule has 0 radical (unpaired) electrons. The van der Waals surface area contributed by atoms with Gasteiger partial charge in [-0.2, -0.15) is 0 Å². The van der Waals surface area contributed by atoms with Gasteiger partial charge in [-0.25, -0.2) is 4.68 Å².